The molecule has 1 saturated heterocycles. The molecule has 0 amide bonds. The molecule has 2 aromatic rings. The van der Waals surface area contributed by atoms with E-state index in [9.17, 15) is 0 Å². The zero-order valence-corrected chi connectivity index (χ0v) is 10.7. The van der Waals surface area contributed by atoms with Gasteiger partial charge in [0.2, 0.25) is 0 Å². The number of ether oxygens (including phenoxy) is 1. The molecule has 18 heavy (non-hydrogen) atoms. The van der Waals surface area contributed by atoms with Crippen LogP contribution in [0.3, 0.4) is 0 Å². The molecule has 96 valence electrons. The maximum atomic E-state index is 5.24. The van der Waals surface area contributed by atoms with Crippen LogP contribution in [0.15, 0.2) is 18.2 Å². The number of H-pyrrole nitrogens is 1. The lowest BCUT2D eigenvalue weighted by Crippen LogP contribution is -2.14. The number of imidazole rings is 1. The first-order chi connectivity index (χ1) is 8.86. The Morgan fingerprint density at radius 3 is 3.11 bits per heavy atom. The average Bonchev–Trinajstić information content (AvgIpc) is 2.63. The number of rotatable bonds is 2. The Morgan fingerprint density at radius 2 is 2.22 bits per heavy atom. The van der Waals surface area contributed by atoms with E-state index in [1.165, 1.54) is 12.8 Å². The number of aromatic nitrogens is 2. The van der Waals surface area contributed by atoms with Crippen molar-refractivity contribution >= 4 is 11.0 Å². The quantitative estimate of drug-likeness (QED) is 0.854. The van der Waals surface area contributed by atoms with Crippen molar-refractivity contribution in [3.63, 3.8) is 0 Å². The summed E-state index contributed by atoms with van der Waals surface area (Å²) in [5.74, 6) is 2.56. The number of nitrogens with one attached hydrogen (secondary N) is 2. The normalized spacial score (nSPS) is 20.8. The molecule has 2 N–H and O–H groups in total. The van der Waals surface area contributed by atoms with Crippen LogP contribution >= 0.6 is 0 Å². The highest BCUT2D eigenvalue weighted by Crippen LogP contribution is 2.27. The molecule has 1 atom stereocenters. The van der Waals surface area contributed by atoms with Gasteiger partial charge in [-0.05, 0) is 44.5 Å². The predicted molar refractivity (Wildman–Crippen MR) is 72.1 cm³/mol. The number of aromatic amines is 1. The van der Waals surface area contributed by atoms with Crippen LogP contribution in [-0.2, 0) is 0 Å². The molecule has 0 radical (unpaired) electrons. The van der Waals surface area contributed by atoms with Crippen LogP contribution in [0.2, 0.25) is 0 Å². The summed E-state index contributed by atoms with van der Waals surface area (Å²) in [7, 11) is 1.69. The summed E-state index contributed by atoms with van der Waals surface area (Å²) in [4.78, 5) is 8.16. The zero-order chi connectivity index (χ0) is 12.4. The van der Waals surface area contributed by atoms with E-state index < -0.39 is 0 Å². The summed E-state index contributed by atoms with van der Waals surface area (Å²) in [5.41, 5.74) is 2.10. The second-order valence-corrected chi connectivity index (χ2v) is 4.88. The second kappa shape index (κ2) is 4.98. The zero-order valence-electron chi connectivity index (χ0n) is 10.7. The lowest BCUT2D eigenvalue weighted by Gasteiger charge is -2.09. The highest BCUT2D eigenvalue weighted by Gasteiger charge is 2.17. The predicted octanol–water partition coefficient (Wildman–Crippen LogP) is 2.43. The molecular weight excluding hydrogens is 226 g/mol. The molecule has 4 heteroatoms. The first-order valence-corrected chi connectivity index (χ1v) is 6.61. The van der Waals surface area contributed by atoms with Crippen LogP contribution in [-0.4, -0.2) is 30.2 Å². The van der Waals surface area contributed by atoms with E-state index in [4.69, 9.17) is 9.72 Å². The first-order valence-electron chi connectivity index (χ1n) is 6.61. The Kier molecular flexibility index (Phi) is 3.19. The van der Waals surface area contributed by atoms with Gasteiger partial charge in [-0.3, -0.25) is 0 Å². The average molecular weight is 245 g/mol. The van der Waals surface area contributed by atoms with Gasteiger partial charge in [0.1, 0.15) is 11.6 Å². The molecule has 0 bridgehead atoms. The largest absolute Gasteiger partial charge is 0.497 e. The van der Waals surface area contributed by atoms with Crippen molar-refractivity contribution in [2.75, 3.05) is 20.2 Å². The lowest BCUT2D eigenvalue weighted by atomic mass is 10.0. The number of methoxy groups -OCH3 is 1. The van der Waals surface area contributed by atoms with Gasteiger partial charge < -0.3 is 15.0 Å². The third-order valence-corrected chi connectivity index (χ3v) is 3.67. The molecule has 0 aliphatic carbocycles. The highest BCUT2D eigenvalue weighted by molar-refractivity contribution is 5.76. The summed E-state index contributed by atoms with van der Waals surface area (Å²) in [6.07, 6.45) is 3.60. The second-order valence-electron chi connectivity index (χ2n) is 4.88. The summed E-state index contributed by atoms with van der Waals surface area (Å²) in [5, 5.41) is 3.44. The van der Waals surface area contributed by atoms with E-state index in [0.29, 0.717) is 5.92 Å². The van der Waals surface area contributed by atoms with Gasteiger partial charge in [0, 0.05) is 12.0 Å². The first kappa shape index (κ1) is 11.5. The molecule has 1 aromatic carbocycles. The van der Waals surface area contributed by atoms with Gasteiger partial charge in [0.15, 0.2) is 0 Å². The molecule has 2 heterocycles. The number of hydrogen-bond acceptors (Lipinski definition) is 3. The van der Waals surface area contributed by atoms with E-state index in [2.05, 4.69) is 10.3 Å². The van der Waals surface area contributed by atoms with Crippen molar-refractivity contribution in [3.8, 4) is 5.75 Å². The molecule has 1 fully saturated rings. The van der Waals surface area contributed by atoms with Crippen molar-refractivity contribution in [3.05, 3.63) is 24.0 Å². The van der Waals surface area contributed by atoms with Gasteiger partial charge in [-0.25, -0.2) is 4.98 Å². The third-order valence-electron chi connectivity index (χ3n) is 3.67. The molecule has 0 saturated carbocycles. The minimum absolute atomic E-state index is 0.554. The van der Waals surface area contributed by atoms with E-state index in [1.54, 1.807) is 7.11 Å². The van der Waals surface area contributed by atoms with E-state index >= 15 is 0 Å². The van der Waals surface area contributed by atoms with Gasteiger partial charge in [0.05, 0.1) is 18.1 Å². The highest BCUT2D eigenvalue weighted by atomic mass is 16.5. The fourth-order valence-electron chi connectivity index (χ4n) is 2.62. The Bertz CT molecular complexity index is 527. The molecule has 1 unspecified atom stereocenters. The summed E-state index contributed by atoms with van der Waals surface area (Å²) in [6.45, 7) is 2.22. The molecule has 1 aliphatic heterocycles. The monoisotopic (exact) mass is 245 g/mol. The molecule has 1 aromatic heterocycles. The van der Waals surface area contributed by atoms with Gasteiger partial charge >= 0.3 is 0 Å². The summed E-state index contributed by atoms with van der Waals surface area (Å²) < 4.78 is 5.24. The van der Waals surface area contributed by atoms with Crippen LogP contribution in [0.1, 0.15) is 31.0 Å². The van der Waals surface area contributed by atoms with Crippen LogP contribution < -0.4 is 10.1 Å². The number of benzene rings is 1. The Morgan fingerprint density at radius 1 is 1.28 bits per heavy atom. The van der Waals surface area contributed by atoms with Crippen molar-refractivity contribution in [2.24, 2.45) is 0 Å². The van der Waals surface area contributed by atoms with Crippen LogP contribution in [0, 0.1) is 0 Å². The summed E-state index contributed by atoms with van der Waals surface area (Å²) >= 11 is 0. The fraction of sp³-hybridized carbons (Fsp3) is 0.500. The van der Waals surface area contributed by atoms with Crippen molar-refractivity contribution < 1.29 is 4.74 Å². The number of fused-ring (bicyclic) bond motifs is 1. The van der Waals surface area contributed by atoms with Crippen molar-refractivity contribution in [1.82, 2.24) is 15.3 Å². The molecule has 3 rings (SSSR count). The molecule has 1 aliphatic rings. The lowest BCUT2D eigenvalue weighted by molar-refractivity contribution is 0.415. The standard InChI is InChI=1S/C14H19N3O/c1-18-11-4-5-12-13(9-11)17-14(16-12)10-3-2-7-15-8-6-10/h4-5,9-10,15H,2-3,6-8H2,1H3,(H,16,17). The Labute approximate surface area is 107 Å². The minimum atomic E-state index is 0.554. The van der Waals surface area contributed by atoms with Gasteiger partial charge in [-0.1, -0.05) is 0 Å². The van der Waals surface area contributed by atoms with Crippen LogP contribution in [0.4, 0.5) is 0 Å². The number of nitrogens with zero attached hydrogens (tertiary/aromatic N) is 1. The molecular formula is C14H19N3O. The Hall–Kier alpha value is -1.55. The minimum Gasteiger partial charge on any atom is -0.497 e. The van der Waals surface area contributed by atoms with E-state index in [-0.39, 0.29) is 0 Å². The van der Waals surface area contributed by atoms with Gasteiger partial charge in [-0.15, -0.1) is 0 Å². The van der Waals surface area contributed by atoms with Crippen molar-refractivity contribution in [2.45, 2.75) is 25.2 Å². The van der Waals surface area contributed by atoms with Crippen LogP contribution in [0.25, 0.3) is 11.0 Å². The maximum Gasteiger partial charge on any atom is 0.121 e. The molecule has 0 spiro atoms. The van der Waals surface area contributed by atoms with Gasteiger partial charge in [0.25, 0.3) is 0 Å². The summed E-state index contributed by atoms with van der Waals surface area (Å²) in [6, 6.07) is 5.99. The van der Waals surface area contributed by atoms with Gasteiger partial charge in [-0.2, -0.15) is 0 Å². The SMILES string of the molecule is COc1ccc2nc(C3CCCNCC3)[nH]c2c1. The smallest absolute Gasteiger partial charge is 0.121 e. The topological polar surface area (TPSA) is 49.9 Å². The third kappa shape index (κ3) is 2.20. The maximum absolute atomic E-state index is 5.24. The van der Waals surface area contributed by atoms with Crippen LogP contribution in [0.5, 0.6) is 5.75 Å². The molecule has 4 nitrogen and oxygen atoms in total. The Balaban J connectivity index is 1.91. The fourth-order valence-corrected chi connectivity index (χ4v) is 2.62. The van der Waals surface area contributed by atoms with E-state index in [0.717, 1.165) is 42.1 Å². The number of hydrogen-bond donors (Lipinski definition) is 2. The van der Waals surface area contributed by atoms with Crippen molar-refractivity contribution in [1.29, 1.82) is 0 Å². The van der Waals surface area contributed by atoms with E-state index in [1.807, 2.05) is 18.2 Å².